The maximum absolute atomic E-state index is 14.2. The van der Waals surface area contributed by atoms with Gasteiger partial charge in [-0.15, -0.1) is 0 Å². The summed E-state index contributed by atoms with van der Waals surface area (Å²) in [6.07, 6.45) is 3.53. The maximum Gasteiger partial charge on any atom is 0.287 e. The number of anilines is 1. The Bertz CT molecular complexity index is 1540. The Balaban J connectivity index is 1.59. The maximum atomic E-state index is 14.2. The van der Waals surface area contributed by atoms with E-state index in [-0.39, 0.29) is 11.5 Å². The number of amides is 1. The Hall–Kier alpha value is -4.91. The van der Waals surface area contributed by atoms with Crippen molar-refractivity contribution >= 4 is 23.5 Å². The van der Waals surface area contributed by atoms with Crippen LogP contribution in [0.15, 0.2) is 109 Å². The molecule has 3 aromatic carbocycles. The minimum atomic E-state index is -0.652. The molecule has 2 aliphatic heterocycles. The van der Waals surface area contributed by atoms with Gasteiger partial charge in [-0.25, -0.2) is 9.97 Å². The molecule has 4 aromatic rings. The zero-order chi connectivity index (χ0) is 26.1. The number of carbonyl (C=O) groups excluding carboxylic acids is 1. The van der Waals surface area contributed by atoms with Crippen LogP contribution in [0.2, 0.25) is 0 Å². The van der Waals surface area contributed by atoms with Crippen molar-refractivity contribution in [3.63, 3.8) is 0 Å². The molecule has 2 aliphatic rings. The second-order valence-electron chi connectivity index (χ2n) is 9.21. The predicted octanol–water partition coefficient (Wildman–Crippen LogP) is 5.49. The van der Waals surface area contributed by atoms with E-state index in [0.29, 0.717) is 24.6 Å². The summed E-state index contributed by atoms with van der Waals surface area (Å²) in [5, 5.41) is 11.0. The van der Waals surface area contributed by atoms with E-state index in [4.69, 9.17) is 4.74 Å². The number of hydrogen-bond donors (Lipinski definition) is 1. The summed E-state index contributed by atoms with van der Waals surface area (Å²) >= 11 is 0. The SMILES string of the molecule is CO/C(O)=C1\C(=O)N(Cc2ccccc2)c2ncnc3c2C1N(Cc1ccccc1)C(c1ccccc1)=C3. The normalized spacial score (nSPS) is 17.6. The number of methoxy groups -OCH3 is 1. The van der Waals surface area contributed by atoms with Gasteiger partial charge in [-0.05, 0) is 22.8 Å². The first-order valence-corrected chi connectivity index (χ1v) is 12.4. The number of aliphatic hydroxyl groups is 1. The molecule has 0 bridgehead atoms. The lowest BCUT2D eigenvalue weighted by Crippen LogP contribution is -2.45. The van der Waals surface area contributed by atoms with Crippen LogP contribution in [0.3, 0.4) is 0 Å². The van der Waals surface area contributed by atoms with Crippen LogP contribution >= 0.6 is 0 Å². The summed E-state index contributed by atoms with van der Waals surface area (Å²) in [6.45, 7) is 0.788. The third-order valence-corrected chi connectivity index (χ3v) is 6.94. The Morgan fingerprint density at radius 2 is 1.47 bits per heavy atom. The van der Waals surface area contributed by atoms with Gasteiger partial charge in [0.1, 0.15) is 17.7 Å². The van der Waals surface area contributed by atoms with Crippen LogP contribution < -0.4 is 4.90 Å². The topological polar surface area (TPSA) is 78.8 Å². The van der Waals surface area contributed by atoms with Crippen molar-refractivity contribution in [3.05, 3.63) is 137 Å². The van der Waals surface area contributed by atoms with Gasteiger partial charge in [0.05, 0.1) is 25.4 Å². The number of ether oxygens (including phenoxy) is 1. The van der Waals surface area contributed by atoms with Gasteiger partial charge in [-0.3, -0.25) is 9.69 Å². The Morgan fingerprint density at radius 1 is 0.868 bits per heavy atom. The van der Waals surface area contributed by atoms with Gasteiger partial charge in [0, 0.05) is 17.8 Å². The molecular formula is C31H26N4O3. The van der Waals surface area contributed by atoms with E-state index in [1.54, 1.807) is 4.90 Å². The predicted molar refractivity (Wildman–Crippen MR) is 145 cm³/mol. The summed E-state index contributed by atoms with van der Waals surface area (Å²) < 4.78 is 5.31. The van der Waals surface area contributed by atoms with Crippen molar-refractivity contribution in [1.82, 2.24) is 14.9 Å². The van der Waals surface area contributed by atoms with E-state index in [2.05, 4.69) is 14.9 Å². The van der Waals surface area contributed by atoms with E-state index in [9.17, 15) is 9.90 Å². The van der Waals surface area contributed by atoms with Gasteiger partial charge in [0.25, 0.3) is 11.9 Å². The molecule has 0 spiro atoms. The highest BCUT2D eigenvalue weighted by atomic mass is 16.6. The summed E-state index contributed by atoms with van der Waals surface area (Å²) in [4.78, 5) is 27.1. The number of carbonyl (C=O) groups is 1. The largest absolute Gasteiger partial charge is 0.481 e. The monoisotopic (exact) mass is 502 g/mol. The van der Waals surface area contributed by atoms with E-state index in [0.717, 1.165) is 28.0 Å². The summed E-state index contributed by atoms with van der Waals surface area (Å²) in [6, 6.07) is 29.1. The van der Waals surface area contributed by atoms with Crippen molar-refractivity contribution in [1.29, 1.82) is 0 Å². The first-order chi connectivity index (χ1) is 18.7. The quantitative estimate of drug-likeness (QED) is 0.277. The molecule has 1 N–H and O–H groups in total. The molecule has 0 aliphatic carbocycles. The van der Waals surface area contributed by atoms with Crippen molar-refractivity contribution < 1.29 is 14.6 Å². The van der Waals surface area contributed by atoms with Crippen molar-refractivity contribution in [3.8, 4) is 0 Å². The lowest BCUT2D eigenvalue weighted by molar-refractivity contribution is -0.117. The minimum absolute atomic E-state index is 0.157. The summed E-state index contributed by atoms with van der Waals surface area (Å²) in [5.74, 6) is -0.239. The molecule has 3 heterocycles. The molecule has 188 valence electrons. The minimum Gasteiger partial charge on any atom is -0.481 e. The van der Waals surface area contributed by atoms with E-state index in [1.807, 2.05) is 97.1 Å². The molecule has 1 aromatic heterocycles. The van der Waals surface area contributed by atoms with Gasteiger partial charge in [-0.2, -0.15) is 0 Å². The molecule has 7 nitrogen and oxygen atoms in total. The fourth-order valence-electron chi connectivity index (χ4n) is 5.20. The highest BCUT2D eigenvalue weighted by Crippen LogP contribution is 2.49. The number of aliphatic hydroxyl groups excluding tert-OH is 1. The molecule has 6 rings (SSSR count). The van der Waals surface area contributed by atoms with Gasteiger partial charge >= 0.3 is 0 Å². The smallest absolute Gasteiger partial charge is 0.287 e. The molecule has 1 unspecified atom stereocenters. The first-order valence-electron chi connectivity index (χ1n) is 12.4. The standard InChI is InChI=1S/C31H26N4O3/c1-38-31(37)27-28-26-24(32-20-33-29(26)35(30(27)36)19-22-13-7-3-8-14-22)17-25(23-15-9-4-10-16-23)34(28)18-21-11-5-2-6-12-21/h2-17,20,28,37H,18-19H2,1H3/b31-27-. The zero-order valence-corrected chi connectivity index (χ0v) is 20.9. The number of nitrogens with zero attached hydrogens (tertiary/aromatic N) is 4. The molecule has 38 heavy (non-hydrogen) atoms. The lowest BCUT2D eigenvalue weighted by Gasteiger charge is -2.44. The van der Waals surface area contributed by atoms with Crippen LogP contribution in [0.5, 0.6) is 0 Å². The third kappa shape index (κ3) is 4.08. The van der Waals surface area contributed by atoms with Crippen LogP contribution in [0, 0.1) is 0 Å². The van der Waals surface area contributed by atoms with Crippen molar-refractivity contribution in [2.45, 2.75) is 19.1 Å². The number of hydrogen-bond acceptors (Lipinski definition) is 6. The van der Waals surface area contributed by atoms with Crippen LogP contribution in [0.4, 0.5) is 5.82 Å². The van der Waals surface area contributed by atoms with Gasteiger partial charge in [-0.1, -0.05) is 91.0 Å². The fraction of sp³-hybridized carbons (Fsp3) is 0.129. The first kappa shape index (κ1) is 23.5. The van der Waals surface area contributed by atoms with Crippen LogP contribution in [0.25, 0.3) is 11.8 Å². The zero-order valence-electron chi connectivity index (χ0n) is 20.9. The van der Waals surface area contributed by atoms with Gasteiger partial charge in [0.15, 0.2) is 0 Å². The molecule has 1 amide bonds. The highest BCUT2D eigenvalue weighted by Gasteiger charge is 2.47. The molecule has 1 atom stereocenters. The van der Waals surface area contributed by atoms with Crippen molar-refractivity contribution in [2.24, 2.45) is 0 Å². The lowest BCUT2D eigenvalue weighted by atomic mass is 9.86. The summed E-state index contributed by atoms with van der Waals surface area (Å²) in [7, 11) is 1.37. The van der Waals surface area contributed by atoms with Crippen molar-refractivity contribution in [2.75, 3.05) is 12.0 Å². The number of aromatic nitrogens is 2. The molecular weight excluding hydrogens is 476 g/mol. The molecule has 0 radical (unpaired) electrons. The Kier molecular flexibility index (Phi) is 6.09. The van der Waals surface area contributed by atoms with Crippen LogP contribution in [0.1, 0.15) is 34.0 Å². The van der Waals surface area contributed by atoms with E-state index in [1.165, 1.54) is 13.4 Å². The van der Waals surface area contributed by atoms with Crippen LogP contribution in [-0.4, -0.2) is 33.0 Å². The van der Waals surface area contributed by atoms with Gasteiger partial charge in [0.2, 0.25) is 0 Å². The second kappa shape index (κ2) is 9.86. The fourth-order valence-corrected chi connectivity index (χ4v) is 5.20. The Morgan fingerprint density at radius 3 is 2.11 bits per heavy atom. The van der Waals surface area contributed by atoms with E-state index < -0.39 is 12.0 Å². The highest BCUT2D eigenvalue weighted by molar-refractivity contribution is 6.10. The molecule has 7 heteroatoms. The number of rotatable bonds is 6. The Labute approximate surface area is 221 Å². The van der Waals surface area contributed by atoms with E-state index >= 15 is 0 Å². The number of benzene rings is 3. The average Bonchev–Trinajstić information content (AvgIpc) is 2.97. The molecule has 0 saturated heterocycles. The second-order valence-corrected chi connectivity index (χ2v) is 9.21. The molecule has 0 fully saturated rings. The molecule has 0 saturated carbocycles. The third-order valence-electron chi connectivity index (χ3n) is 6.94. The average molecular weight is 503 g/mol. The van der Waals surface area contributed by atoms with Gasteiger partial charge < -0.3 is 14.7 Å². The summed E-state index contributed by atoms with van der Waals surface area (Å²) in [5.41, 5.74) is 5.50. The van der Waals surface area contributed by atoms with Crippen LogP contribution in [-0.2, 0) is 22.6 Å².